The van der Waals surface area contributed by atoms with E-state index in [4.69, 9.17) is 0 Å². The summed E-state index contributed by atoms with van der Waals surface area (Å²) in [6.45, 7) is 5.98. The molecule has 2 amide bonds. The first kappa shape index (κ1) is 16.0. The van der Waals surface area contributed by atoms with Crippen molar-refractivity contribution in [1.82, 2.24) is 29.7 Å². The van der Waals surface area contributed by atoms with E-state index in [1.54, 1.807) is 10.6 Å². The van der Waals surface area contributed by atoms with E-state index in [0.717, 1.165) is 17.8 Å². The van der Waals surface area contributed by atoms with Crippen molar-refractivity contribution in [1.29, 1.82) is 0 Å². The zero-order chi connectivity index (χ0) is 17.3. The van der Waals surface area contributed by atoms with E-state index < -0.39 is 0 Å². The molecule has 3 rings (SSSR count). The molecule has 0 saturated carbocycles. The van der Waals surface area contributed by atoms with E-state index in [2.05, 4.69) is 25.9 Å². The largest absolute Gasteiger partial charge is 0.335 e. The highest BCUT2D eigenvalue weighted by Gasteiger charge is 2.15. The molecule has 0 bridgehead atoms. The van der Waals surface area contributed by atoms with Crippen LogP contribution in [0.25, 0.3) is 5.65 Å². The van der Waals surface area contributed by atoms with Crippen molar-refractivity contribution in [3.8, 4) is 0 Å². The van der Waals surface area contributed by atoms with E-state index in [1.807, 2.05) is 50.7 Å². The van der Waals surface area contributed by atoms with Crippen LogP contribution in [0.15, 0.2) is 24.4 Å². The van der Waals surface area contributed by atoms with Crippen LogP contribution in [-0.2, 0) is 13.5 Å². The molecule has 0 aliphatic heterocycles. The molecule has 0 spiro atoms. The van der Waals surface area contributed by atoms with Gasteiger partial charge in [-0.2, -0.15) is 5.10 Å². The summed E-state index contributed by atoms with van der Waals surface area (Å²) in [5, 5.41) is 18.1. The molecule has 8 nitrogen and oxygen atoms in total. The lowest BCUT2D eigenvalue weighted by Gasteiger charge is -2.14. The maximum Gasteiger partial charge on any atom is 0.321 e. The van der Waals surface area contributed by atoms with Crippen LogP contribution in [0.2, 0.25) is 0 Å². The van der Waals surface area contributed by atoms with Crippen molar-refractivity contribution in [2.24, 2.45) is 7.05 Å². The van der Waals surface area contributed by atoms with Gasteiger partial charge in [-0.1, -0.05) is 6.07 Å². The predicted octanol–water partition coefficient (Wildman–Crippen LogP) is 1.83. The second-order valence-electron chi connectivity index (χ2n) is 5.93. The zero-order valence-electron chi connectivity index (χ0n) is 14.2. The fraction of sp³-hybridized carbons (Fsp3) is 0.375. The minimum atomic E-state index is -0.306. The van der Waals surface area contributed by atoms with Gasteiger partial charge < -0.3 is 5.32 Å². The van der Waals surface area contributed by atoms with Crippen molar-refractivity contribution in [3.05, 3.63) is 41.3 Å². The molecule has 3 heterocycles. The van der Waals surface area contributed by atoms with Crippen LogP contribution in [-0.4, -0.2) is 36.5 Å². The molecular formula is C16H21N7O. The molecule has 3 aromatic rings. The number of rotatable bonds is 4. The highest BCUT2D eigenvalue weighted by molar-refractivity contribution is 5.88. The average molecular weight is 327 g/mol. The molecule has 0 radical (unpaired) electrons. The molecule has 2 N–H and O–H groups in total. The lowest BCUT2D eigenvalue weighted by atomic mass is 10.1. The summed E-state index contributed by atoms with van der Waals surface area (Å²) in [6.07, 6.45) is 2.52. The quantitative estimate of drug-likeness (QED) is 0.765. The lowest BCUT2D eigenvalue weighted by molar-refractivity contribution is 0.249. The number of pyridine rings is 1. The van der Waals surface area contributed by atoms with E-state index in [-0.39, 0.29) is 12.1 Å². The number of hydrogen-bond donors (Lipinski definition) is 2. The number of hydrogen-bond acceptors (Lipinski definition) is 4. The Kier molecular flexibility index (Phi) is 4.20. The van der Waals surface area contributed by atoms with Crippen LogP contribution in [0.5, 0.6) is 0 Å². The third-order valence-electron chi connectivity index (χ3n) is 4.09. The van der Waals surface area contributed by atoms with Crippen molar-refractivity contribution in [3.63, 3.8) is 0 Å². The molecule has 8 heteroatoms. The Hall–Kier alpha value is -2.90. The summed E-state index contributed by atoms with van der Waals surface area (Å²) in [5.74, 6) is 0.393. The van der Waals surface area contributed by atoms with Gasteiger partial charge in [0, 0.05) is 25.0 Å². The monoisotopic (exact) mass is 327 g/mol. The Bertz CT molecular complexity index is 880. The molecule has 126 valence electrons. The van der Waals surface area contributed by atoms with E-state index in [9.17, 15) is 4.79 Å². The van der Waals surface area contributed by atoms with Gasteiger partial charge in [-0.15, -0.1) is 10.2 Å². The Morgan fingerprint density at radius 2 is 2.08 bits per heavy atom. The normalized spacial score (nSPS) is 12.3. The van der Waals surface area contributed by atoms with Gasteiger partial charge in [0.05, 0.1) is 5.69 Å². The van der Waals surface area contributed by atoms with Crippen LogP contribution in [0.4, 0.5) is 10.7 Å². The molecule has 0 unspecified atom stereocenters. The van der Waals surface area contributed by atoms with Crippen molar-refractivity contribution >= 4 is 17.6 Å². The lowest BCUT2D eigenvalue weighted by Crippen LogP contribution is -2.38. The number of amides is 2. The topological polar surface area (TPSA) is 89.1 Å². The van der Waals surface area contributed by atoms with Gasteiger partial charge >= 0.3 is 6.03 Å². The molecule has 1 atom stereocenters. The van der Waals surface area contributed by atoms with Gasteiger partial charge in [0.2, 0.25) is 5.95 Å². The first-order chi connectivity index (χ1) is 11.5. The van der Waals surface area contributed by atoms with Crippen LogP contribution in [0.3, 0.4) is 0 Å². The first-order valence-corrected chi connectivity index (χ1v) is 7.82. The standard InChI is InChI=1S/C16H21N7O/c1-10(9-13-11(2)21-22(4)12(13)3)17-16(24)18-15-20-19-14-7-5-6-8-23(14)15/h5-8,10H,9H2,1-4H3,(H2,17,18,20,24)/t10-/m1/s1. The maximum absolute atomic E-state index is 12.2. The maximum atomic E-state index is 12.2. The van der Waals surface area contributed by atoms with Crippen LogP contribution < -0.4 is 10.6 Å². The Morgan fingerprint density at radius 1 is 1.29 bits per heavy atom. The number of nitrogens with one attached hydrogen (secondary N) is 2. The van der Waals surface area contributed by atoms with E-state index in [0.29, 0.717) is 11.6 Å². The zero-order valence-corrected chi connectivity index (χ0v) is 14.2. The van der Waals surface area contributed by atoms with Crippen LogP contribution in [0, 0.1) is 13.8 Å². The van der Waals surface area contributed by atoms with Gasteiger partial charge in [0.1, 0.15) is 0 Å². The molecular weight excluding hydrogens is 306 g/mol. The number of nitrogens with zero attached hydrogens (tertiary/aromatic N) is 5. The summed E-state index contributed by atoms with van der Waals surface area (Å²) >= 11 is 0. The minimum Gasteiger partial charge on any atom is -0.335 e. The van der Waals surface area contributed by atoms with E-state index in [1.165, 1.54) is 5.56 Å². The SMILES string of the molecule is Cc1nn(C)c(C)c1C[C@@H](C)NC(=O)Nc1nnc2ccccn12. The number of anilines is 1. The van der Waals surface area contributed by atoms with Crippen LogP contribution in [0.1, 0.15) is 23.9 Å². The highest BCUT2D eigenvalue weighted by Crippen LogP contribution is 2.14. The summed E-state index contributed by atoms with van der Waals surface area (Å²) < 4.78 is 3.58. The smallest absolute Gasteiger partial charge is 0.321 e. The Balaban J connectivity index is 1.64. The fourth-order valence-electron chi connectivity index (χ4n) is 2.76. The third-order valence-corrected chi connectivity index (χ3v) is 4.09. The molecule has 0 aliphatic carbocycles. The van der Waals surface area contributed by atoms with Gasteiger partial charge in [0.25, 0.3) is 0 Å². The number of fused-ring (bicyclic) bond motifs is 1. The van der Waals surface area contributed by atoms with Crippen molar-refractivity contribution in [2.75, 3.05) is 5.32 Å². The van der Waals surface area contributed by atoms with E-state index >= 15 is 0 Å². The number of carbonyl (C=O) groups is 1. The van der Waals surface area contributed by atoms with Crippen molar-refractivity contribution < 1.29 is 4.79 Å². The third kappa shape index (κ3) is 3.08. The summed E-state index contributed by atoms with van der Waals surface area (Å²) in [6, 6.07) is 5.21. The van der Waals surface area contributed by atoms with Gasteiger partial charge in [-0.05, 0) is 44.9 Å². The molecule has 0 aromatic carbocycles. The number of urea groups is 1. The predicted molar refractivity (Wildman–Crippen MR) is 91.0 cm³/mol. The fourth-order valence-corrected chi connectivity index (χ4v) is 2.76. The minimum absolute atomic E-state index is 0.0363. The molecule has 0 fully saturated rings. The number of carbonyl (C=O) groups excluding carboxylic acids is 1. The Labute approximate surface area is 139 Å². The van der Waals surface area contributed by atoms with Gasteiger partial charge in [-0.3, -0.25) is 14.4 Å². The molecule has 24 heavy (non-hydrogen) atoms. The van der Waals surface area contributed by atoms with Crippen molar-refractivity contribution in [2.45, 2.75) is 33.2 Å². The van der Waals surface area contributed by atoms with Gasteiger partial charge in [0.15, 0.2) is 5.65 Å². The summed E-state index contributed by atoms with van der Waals surface area (Å²) in [5.41, 5.74) is 3.96. The van der Waals surface area contributed by atoms with Gasteiger partial charge in [-0.25, -0.2) is 4.79 Å². The Morgan fingerprint density at radius 3 is 2.79 bits per heavy atom. The second-order valence-corrected chi connectivity index (χ2v) is 5.93. The highest BCUT2D eigenvalue weighted by atomic mass is 16.2. The summed E-state index contributed by atoms with van der Waals surface area (Å²) in [7, 11) is 1.92. The molecule has 0 saturated heterocycles. The number of aryl methyl sites for hydroxylation is 2. The number of aromatic nitrogens is 5. The summed E-state index contributed by atoms with van der Waals surface area (Å²) in [4.78, 5) is 12.2. The molecule has 0 aliphatic rings. The first-order valence-electron chi connectivity index (χ1n) is 7.82. The average Bonchev–Trinajstić information content (AvgIpc) is 3.04. The molecule has 3 aromatic heterocycles. The second kappa shape index (κ2) is 6.31. The van der Waals surface area contributed by atoms with Crippen LogP contribution >= 0.6 is 0 Å².